The number of hydrogen-bond acceptors (Lipinski definition) is 14. The number of aliphatic hydroxyl groups excluding tert-OH is 9. The van der Waals surface area contributed by atoms with Gasteiger partial charge in [0.25, 0.3) is 0 Å². The molecule has 3 saturated carbocycles. The molecule has 20 atom stereocenters. The third-order valence-corrected chi connectivity index (χ3v) is 16.6. The SMILES string of the molecule is C[C@H](CC[C@@H](O[C@@H]1O[C@H](COC2O[C@H](CO)[C@@H](O)[C@H](O)[C@H]2O)[C@@H](O)[C@H](O)[C@H]1O)C(C)(C)O)[C@H]1CC[C@@]2(C)[C@@H]3CC=C4[C@@H](CC[C@H](O)C4(C)C)[C@]3(C)[C@H](O)C[C@]12C. The van der Waals surface area contributed by atoms with Crippen LogP contribution in [0.25, 0.3) is 0 Å². The van der Waals surface area contributed by atoms with Crippen molar-refractivity contribution in [2.45, 2.75) is 192 Å². The summed E-state index contributed by atoms with van der Waals surface area (Å²) in [6.07, 6.45) is -8.48. The van der Waals surface area contributed by atoms with Gasteiger partial charge in [0, 0.05) is 10.8 Å². The van der Waals surface area contributed by atoms with Crippen molar-refractivity contribution in [3.8, 4) is 0 Å². The number of hydrogen-bond donors (Lipinski definition) is 10. The van der Waals surface area contributed by atoms with E-state index in [2.05, 4.69) is 47.6 Å². The van der Waals surface area contributed by atoms with Gasteiger partial charge >= 0.3 is 0 Å². The number of fused-ring (bicyclic) bond motifs is 5. The maximum atomic E-state index is 12.3. The van der Waals surface area contributed by atoms with Crippen molar-refractivity contribution in [1.82, 2.24) is 0 Å². The maximum Gasteiger partial charge on any atom is 0.187 e. The Morgan fingerprint density at radius 1 is 0.768 bits per heavy atom. The third kappa shape index (κ3) is 7.26. The molecule has 56 heavy (non-hydrogen) atoms. The lowest BCUT2D eigenvalue weighted by Crippen LogP contribution is -2.64. The molecule has 0 spiro atoms. The highest BCUT2D eigenvalue weighted by molar-refractivity contribution is 5.31. The van der Waals surface area contributed by atoms with Crippen molar-refractivity contribution in [2.24, 2.45) is 45.3 Å². The molecule has 0 bridgehead atoms. The minimum Gasteiger partial charge on any atom is -0.394 e. The first-order valence-electron chi connectivity index (χ1n) is 21.0. The van der Waals surface area contributed by atoms with Crippen LogP contribution in [-0.4, -0.2) is 150 Å². The smallest absolute Gasteiger partial charge is 0.187 e. The molecule has 0 aromatic rings. The van der Waals surface area contributed by atoms with Crippen molar-refractivity contribution in [3.05, 3.63) is 11.6 Å². The van der Waals surface area contributed by atoms with E-state index in [0.29, 0.717) is 25.2 Å². The van der Waals surface area contributed by atoms with Crippen LogP contribution in [0.1, 0.15) is 107 Å². The summed E-state index contributed by atoms with van der Waals surface area (Å²) in [6.45, 7) is 15.7. The summed E-state index contributed by atoms with van der Waals surface area (Å²) in [5.74, 6) is 1.00. The summed E-state index contributed by atoms with van der Waals surface area (Å²) < 4.78 is 23.1. The van der Waals surface area contributed by atoms with E-state index in [1.807, 2.05) is 0 Å². The fourth-order valence-electron chi connectivity index (χ4n) is 12.6. The van der Waals surface area contributed by atoms with Crippen LogP contribution in [0.2, 0.25) is 0 Å². The van der Waals surface area contributed by atoms with Gasteiger partial charge in [-0.25, -0.2) is 0 Å². The molecular weight excluding hydrogens is 728 g/mol. The summed E-state index contributed by atoms with van der Waals surface area (Å²) in [6, 6.07) is 0. The third-order valence-electron chi connectivity index (χ3n) is 16.6. The second-order valence-corrected chi connectivity index (χ2v) is 20.3. The van der Waals surface area contributed by atoms with Gasteiger partial charge in [-0.1, -0.05) is 53.2 Å². The zero-order chi connectivity index (χ0) is 41.5. The second-order valence-electron chi connectivity index (χ2n) is 20.3. The second kappa shape index (κ2) is 15.9. The van der Waals surface area contributed by atoms with E-state index in [9.17, 15) is 51.1 Å². The Morgan fingerprint density at radius 3 is 2.00 bits per heavy atom. The van der Waals surface area contributed by atoms with Crippen LogP contribution in [0.5, 0.6) is 0 Å². The van der Waals surface area contributed by atoms with Gasteiger partial charge < -0.3 is 70.0 Å². The first-order valence-corrected chi connectivity index (χ1v) is 21.0. The number of allylic oxidation sites excluding steroid dienone is 1. The fraction of sp³-hybridized carbons (Fsp3) is 0.952. The van der Waals surface area contributed by atoms with Crippen LogP contribution in [-0.2, 0) is 18.9 Å². The average Bonchev–Trinajstić information content (AvgIpc) is 3.40. The molecule has 6 rings (SSSR count). The van der Waals surface area contributed by atoms with E-state index in [0.717, 1.165) is 32.1 Å². The molecule has 0 aromatic carbocycles. The standard InChI is InChI=1S/C42H72O14/c1-20(21-15-16-40(6)26-12-10-22-23(11-13-27(44)38(22,2)3)42(26,8)28(45)17-41(21,40)7)9-14-29(39(4,5)52)56-37-35(51)33(49)31(47)25(55-37)19-53-36-34(50)32(48)30(46)24(18-43)54-36/h10,20-21,23-37,43-52H,9,11-19H2,1-8H3/t20-,21-,23-,24-,25-,26+,27+,28-,29-,30-,31-,32+,33+,34-,35-,36?,37+,40+,41-,42+/m1/s1. The zero-order valence-corrected chi connectivity index (χ0v) is 34.6. The molecule has 10 N–H and O–H groups in total. The van der Waals surface area contributed by atoms with Gasteiger partial charge in [-0.2, -0.15) is 0 Å². The predicted molar refractivity (Wildman–Crippen MR) is 202 cm³/mol. The molecule has 2 aliphatic heterocycles. The minimum atomic E-state index is -1.71. The monoisotopic (exact) mass is 800 g/mol. The summed E-state index contributed by atoms with van der Waals surface area (Å²) in [5.41, 5.74) is -0.848. The van der Waals surface area contributed by atoms with E-state index >= 15 is 0 Å². The molecule has 324 valence electrons. The molecule has 4 aliphatic carbocycles. The van der Waals surface area contributed by atoms with Crippen molar-refractivity contribution >= 4 is 0 Å². The highest BCUT2D eigenvalue weighted by Crippen LogP contribution is 2.75. The number of ether oxygens (including phenoxy) is 4. The van der Waals surface area contributed by atoms with Gasteiger partial charge in [0.15, 0.2) is 12.6 Å². The Labute approximate surface area is 331 Å². The van der Waals surface area contributed by atoms with Crippen LogP contribution < -0.4 is 0 Å². The molecule has 2 saturated heterocycles. The molecule has 5 fully saturated rings. The molecule has 6 aliphatic rings. The molecule has 0 amide bonds. The largest absolute Gasteiger partial charge is 0.394 e. The zero-order valence-electron chi connectivity index (χ0n) is 34.6. The van der Waals surface area contributed by atoms with Gasteiger partial charge in [0.1, 0.15) is 48.8 Å². The molecule has 0 aromatic heterocycles. The Balaban J connectivity index is 1.13. The van der Waals surface area contributed by atoms with Gasteiger partial charge in [-0.3, -0.25) is 0 Å². The summed E-state index contributed by atoms with van der Waals surface area (Å²) in [7, 11) is 0. The van der Waals surface area contributed by atoms with E-state index < -0.39 is 92.4 Å². The van der Waals surface area contributed by atoms with Gasteiger partial charge in [0.05, 0.1) is 37.1 Å². The van der Waals surface area contributed by atoms with Crippen molar-refractivity contribution in [3.63, 3.8) is 0 Å². The van der Waals surface area contributed by atoms with E-state index in [-0.39, 0.29) is 45.5 Å². The Morgan fingerprint density at radius 2 is 1.38 bits per heavy atom. The highest BCUT2D eigenvalue weighted by Gasteiger charge is 2.70. The summed E-state index contributed by atoms with van der Waals surface area (Å²) in [5, 5.41) is 107. The van der Waals surface area contributed by atoms with Crippen LogP contribution in [0.3, 0.4) is 0 Å². The van der Waals surface area contributed by atoms with Crippen molar-refractivity contribution < 1.29 is 70.0 Å². The first-order chi connectivity index (χ1) is 25.9. The Kier molecular flexibility index (Phi) is 12.7. The van der Waals surface area contributed by atoms with Gasteiger partial charge in [-0.05, 0) is 99.7 Å². The first kappa shape index (κ1) is 44.7. The predicted octanol–water partition coefficient (Wildman–Crippen LogP) is 1.12. The van der Waals surface area contributed by atoms with Gasteiger partial charge in [-0.15, -0.1) is 0 Å². The molecular formula is C42H72O14. The fourth-order valence-corrected chi connectivity index (χ4v) is 12.6. The molecule has 0 radical (unpaired) electrons. The minimum absolute atomic E-state index is 0.0159. The van der Waals surface area contributed by atoms with Gasteiger partial charge in [0.2, 0.25) is 0 Å². The molecule has 14 heteroatoms. The quantitative estimate of drug-likeness (QED) is 0.132. The lowest BCUT2D eigenvalue weighted by atomic mass is 9.38. The summed E-state index contributed by atoms with van der Waals surface area (Å²) in [4.78, 5) is 0. The highest BCUT2D eigenvalue weighted by atomic mass is 16.7. The van der Waals surface area contributed by atoms with Crippen molar-refractivity contribution in [1.29, 1.82) is 0 Å². The lowest BCUT2D eigenvalue weighted by molar-refractivity contribution is -0.341. The van der Waals surface area contributed by atoms with Crippen LogP contribution in [0, 0.1) is 45.3 Å². The van der Waals surface area contributed by atoms with Crippen LogP contribution >= 0.6 is 0 Å². The number of rotatable bonds is 11. The Hall–Kier alpha value is -0.820. The maximum absolute atomic E-state index is 12.3. The summed E-state index contributed by atoms with van der Waals surface area (Å²) >= 11 is 0. The van der Waals surface area contributed by atoms with Crippen molar-refractivity contribution in [2.75, 3.05) is 13.2 Å². The van der Waals surface area contributed by atoms with Crippen LogP contribution in [0.4, 0.5) is 0 Å². The lowest BCUT2D eigenvalue weighted by Gasteiger charge is -2.67. The Bertz CT molecular complexity index is 1400. The topological polar surface area (TPSA) is 239 Å². The number of aliphatic hydroxyl groups is 10. The normalized spacial score (nSPS) is 50.3. The van der Waals surface area contributed by atoms with E-state index in [4.69, 9.17) is 18.9 Å². The average molecular weight is 801 g/mol. The van der Waals surface area contributed by atoms with Crippen LogP contribution in [0.15, 0.2) is 11.6 Å². The van der Waals surface area contributed by atoms with E-state index in [1.165, 1.54) is 5.57 Å². The van der Waals surface area contributed by atoms with E-state index in [1.54, 1.807) is 13.8 Å². The molecule has 2 heterocycles. The molecule has 1 unspecified atom stereocenters. The molecule has 14 nitrogen and oxygen atoms in total.